The molecule has 0 aliphatic heterocycles. The van der Waals surface area contributed by atoms with Crippen molar-refractivity contribution in [3.8, 4) is 0 Å². The number of hydrogen-bond donors (Lipinski definition) is 0. The van der Waals surface area contributed by atoms with Crippen LogP contribution in [0.4, 0.5) is 0 Å². The standard InChI is InChI=1S/C8H9N5/c1-2-5-9-8(3-1)4-6-13-7-10-11-12-13/h1-3,5,7H,4,6H2. The maximum atomic E-state index is 4.20. The van der Waals surface area contributed by atoms with Crippen molar-refractivity contribution in [1.29, 1.82) is 0 Å². The molecule has 0 saturated carbocycles. The van der Waals surface area contributed by atoms with Gasteiger partial charge in [-0.05, 0) is 22.6 Å². The molecule has 0 unspecified atom stereocenters. The third-order valence-electron chi connectivity index (χ3n) is 1.71. The van der Waals surface area contributed by atoms with Gasteiger partial charge < -0.3 is 0 Å². The topological polar surface area (TPSA) is 56.5 Å². The van der Waals surface area contributed by atoms with Crippen molar-refractivity contribution in [2.45, 2.75) is 13.0 Å². The van der Waals surface area contributed by atoms with Crippen LogP contribution in [0.25, 0.3) is 0 Å². The lowest BCUT2D eigenvalue weighted by molar-refractivity contribution is 0.583. The Morgan fingerprint density at radius 3 is 3.00 bits per heavy atom. The Morgan fingerprint density at radius 2 is 2.31 bits per heavy atom. The first-order valence-corrected chi connectivity index (χ1v) is 4.06. The van der Waals surface area contributed by atoms with Crippen LogP contribution in [0, 0.1) is 0 Å². The van der Waals surface area contributed by atoms with E-state index in [0.29, 0.717) is 0 Å². The second kappa shape index (κ2) is 3.75. The first-order chi connectivity index (χ1) is 6.45. The molecule has 13 heavy (non-hydrogen) atoms. The molecular formula is C8H9N5. The Labute approximate surface area is 75.4 Å². The molecule has 0 amide bonds. The lowest BCUT2D eigenvalue weighted by atomic mass is 10.3. The van der Waals surface area contributed by atoms with E-state index in [9.17, 15) is 0 Å². The van der Waals surface area contributed by atoms with Crippen LogP contribution < -0.4 is 0 Å². The fraction of sp³-hybridized carbons (Fsp3) is 0.250. The van der Waals surface area contributed by atoms with E-state index >= 15 is 0 Å². The van der Waals surface area contributed by atoms with Gasteiger partial charge in [0.05, 0.1) is 6.54 Å². The van der Waals surface area contributed by atoms with Crippen molar-refractivity contribution in [2.75, 3.05) is 0 Å². The highest BCUT2D eigenvalue weighted by molar-refractivity contribution is 5.03. The van der Waals surface area contributed by atoms with E-state index in [4.69, 9.17) is 0 Å². The Balaban J connectivity index is 1.94. The van der Waals surface area contributed by atoms with E-state index in [2.05, 4.69) is 20.5 Å². The Hall–Kier alpha value is -1.78. The third-order valence-corrected chi connectivity index (χ3v) is 1.71. The van der Waals surface area contributed by atoms with E-state index < -0.39 is 0 Å². The average molecular weight is 175 g/mol. The Morgan fingerprint density at radius 1 is 1.31 bits per heavy atom. The molecule has 5 heteroatoms. The lowest BCUT2D eigenvalue weighted by Gasteiger charge is -1.98. The molecule has 0 aromatic carbocycles. The number of nitrogens with zero attached hydrogens (tertiary/aromatic N) is 5. The second-order valence-electron chi connectivity index (χ2n) is 2.64. The van der Waals surface area contributed by atoms with Crippen molar-refractivity contribution in [3.63, 3.8) is 0 Å². The van der Waals surface area contributed by atoms with Crippen LogP contribution >= 0.6 is 0 Å². The van der Waals surface area contributed by atoms with Crippen molar-refractivity contribution >= 4 is 0 Å². The highest BCUT2D eigenvalue weighted by Crippen LogP contribution is 1.95. The molecular weight excluding hydrogens is 166 g/mol. The number of aromatic nitrogens is 5. The zero-order valence-corrected chi connectivity index (χ0v) is 7.04. The van der Waals surface area contributed by atoms with Crippen molar-refractivity contribution < 1.29 is 0 Å². The summed E-state index contributed by atoms with van der Waals surface area (Å²) in [6.45, 7) is 0.768. The quantitative estimate of drug-likeness (QED) is 0.673. The summed E-state index contributed by atoms with van der Waals surface area (Å²) in [7, 11) is 0. The fourth-order valence-electron chi connectivity index (χ4n) is 1.06. The summed E-state index contributed by atoms with van der Waals surface area (Å²) in [6, 6.07) is 5.87. The molecule has 0 N–H and O–H groups in total. The summed E-state index contributed by atoms with van der Waals surface area (Å²) in [5.41, 5.74) is 1.05. The molecule has 0 spiro atoms. The molecule has 0 bridgehead atoms. The Kier molecular flexibility index (Phi) is 2.26. The summed E-state index contributed by atoms with van der Waals surface area (Å²) in [5.74, 6) is 0. The van der Waals surface area contributed by atoms with Crippen LogP contribution in [-0.2, 0) is 13.0 Å². The van der Waals surface area contributed by atoms with Gasteiger partial charge in [0, 0.05) is 18.3 Å². The first kappa shape index (κ1) is 7.85. The number of tetrazole rings is 1. The van der Waals surface area contributed by atoms with E-state index in [1.807, 2.05) is 18.2 Å². The number of hydrogen-bond acceptors (Lipinski definition) is 4. The van der Waals surface area contributed by atoms with Crippen LogP contribution in [0.5, 0.6) is 0 Å². The smallest absolute Gasteiger partial charge is 0.138 e. The second-order valence-corrected chi connectivity index (χ2v) is 2.64. The molecule has 0 aliphatic carbocycles. The highest BCUT2D eigenvalue weighted by atomic mass is 15.5. The van der Waals surface area contributed by atoms with Gasteiger partial charge in [-0.2, -0.15) is 0 Å². The molecule has 0 radical (unpaired) electrons. The van der Waals surface area contributed by atoms with Gasteiger partial charge in [0.2, 0.25) is 0 Å². The monoisotopic (exact) mass is 175 g/mol. The molecule has 0 atom stereocenters. The predicted octanol–water partition coefficient (Wildman–Crippen LogP) is 0.311. The summed E-state index contributed by atoms with van der Waals surface area (Å²) >= 11 is 0. The van der Waals surface area contributed by atoms with Crippen LogP contribution in [0.2, 0.25) is 0 Å². The van der Waals surface area contributed by atoms with E-state index in [1.54, 1.807) is 17.2 Å². The minimum absolute atomic E-state index is 0.768. The summed E-state index contributed by atoms with van der Waals surface area (Å²) < 4.78 is 1.69. The maximum absolute atomic E-state index is 4.20. The van der Waals surface area contributed by atoms with Crippen molar-refractivity contribution in [3.05, 3.63) is 36.4 Å². The van der Waals surface area contributed by atoms with Crippen LogP contribution in [0.3, 0.4) is 0 Å². The SMILES string of the molecule is c1ccc(CCn2cnnn2)nc1. The van der Waals surface area contributed by atoms with Crippen LogP contribution in [-0.4, -0.2) is 25.2 Å². The van der Waals surface area contributed by atoms with Crippen LogP contribution in [0.1, 0.15) is 5.69 Å². The summed E-state index contributed by atoms with van der Waals surface area (Å²) in [6.07, 6.45) is 4.24. The van der Waals surface area contributed by atoms with Gasteiger partial charge in [-0.3, -0.25) is 4.98 Å². The zero-order valence-electron chi connectivity index (χ0n) is 7.04. The Bertz CT molecular complexity index is 342. The van der Waals surface area contributed by atoms with E-state index in [-0.39, 0.29) is 0 Å². The molecule has 2 rings (SSSR count). The molecule has 2 aromatic rings. The summed E-state index contributed by atoms with van der Waals surface area (Å²) in [5, 5.41) is 10.9. The van der Waals surface area contributed by atoms with Gasteiger partial charge in [-0.15, -0.1) is 5.10 Å². The molecule has 0 aliphatic rings. The molecule has 2 heterocycles. The molecule has 66 valence electrons. The third kappa shape index (κ3) is 2.08. The molecule has 0 saturated heterocycles. The van der Waals surface area contributed by atoms with Crippen molar-refractivity contribution in [2.24, 2.45) is 0 Å². The number of pyridine rings is 1. The summed E-state index contributed by atoms with van der Waals surface area (Å²) in [4.78, 5) is 4.20. The van der Waals surface area contributed by atoms with Gasteiger partial charge >= 0.3 is 0 Å². The van der Waals surface area contributed by atoms with Crippen molar-refractivity contribution in [1.82, 2.24) is 25.2 Å². The van der Waals surface area contributed by atoms with E-state index in [0.717, 1.165) is 18.7 Å². The number of aryl methyl sites for hydroxylation is 2. The van der Waals surface area contributed by atoms with Gasteiger partial charge in [0.25, 0.3) is 0 Å². The minimum Gasteiger partial charge on any atom is -0.261 e. The highest BCUT2D eigenvalue weighted by Gasteiger charge is 1.95. The minimum atomic E-state index is 0.768. The maximum Gasteiger partial charge on any atom is 0.138 e. The average Bonchev–Trinajstić information content (AvgIpc) is 2.69. The number of rotatable bonds is 3. The van der Waals surface area contributed by atoms with Gasteiger partial charge in [-0.1, -0.05) is 6.07 Å². The van der Waals surface area contributed by atoms with Gasteiger partial charge in [-0.25, -0.2) is 4.68 Å². The largest absolute Gasteiger partial charge is 0.261 e. The molecule has 2 aromatic heterocycles. The fourth-order valence-corrected chi connectivity index (χ4v) is 1.06. The van der Waals surface area contributed by atoms with Gasteiger partial charge in [0.1, 0.15) is 6.33 Å². The van der Waals surface area contributed by atoms with E-state index in [1.165, 1.54) is 0 Å². The van der Waals surface area contributed by atoms with Gasteiger partial charge in [0.15, 0.2) is 0 Å². The molecule has 5 nitrogen and oxygen atoms in total. The predicted molar refractivity (Wildman–Crippen MR) is 45.8 cm³/mol. The first-order valence-electron chi connectivity index (χ1n) is 4.06. The zero-order chi connectivity index (χ0) is 8.93. The van der Waals surface area contributed by atoms with Crippen LogP contribution in [0.15, 0.2) is 30.7 Å². The molecule has 0 fully saturated rings. The normalized spacial score (nSPS) is 10.2. The lowest BCUT2D eigenvalue weighted by Crippen LogP contribution is -2.03.